The molecule has 0 bridgehead atoms. The van der Waals surface area contributed by atoms with Crippen molar-refractivity contribution in [2.45, 2.75) is 33.6 Å². The lowest BCUT2D eigenvalue weighted by atomic mass is 9.99. The Labute approximate surface area is 157 Å². The van der Waals surface area contributed by atoms with Gasteiger partial charge in [0.15, 0.2) is 0 Å². The zero-order valence-corrected chi connectivity index (χ0v) is 16.4. The summed E-state index contributed by atoms with van der Waals surface area (Å²) in [5, 5.41) is 2.80. The number of H-pyrrole nitrogens is 1. The van der Waals surface area contributed by atoms with Crippen LogP contribution >= 0.6 is 12.4 Å². The summed E-state index contributed by atoms with van der Waals surface area (Å²) < 4.78 is 0. The van der Waals surface area contributed by atoms with Crippen molar-refractivity contribution in [3.63, 3.8) is 0 Å². The first-order chi connectivity index (χ1) is 11.7. The molecule has 0 amide bonds. The molecule has 0 spiro atoms. The topological polar surface area (TPSA) is 19.0 Å². The normalized spacial score (nSPS) is 11.2. The van der Waals surface area contributed by atoms with E-state index in [0.29, 0.717) is 0 Å². The van der Waals surface area contributed by atoms with Gasteiger partial charge in [-0.1, -0.05) is 37.3 Å². The van der Waals surface area contributed by atoms with E-state index >= 15 is 0 Å². The standard InChI is InChI=1S/C22H28N2.ClH/c1-5-13-24(14-6-2)15-12-18-8-7-9-19-21(18)20-16(3)10-11-17(4)22(20)23-19;/h5,7-11,23H,1,6,12-15H2,2-4H3;1H. The molecule has 3 heteroatoms. The van der Waals surface area contributed by atoms with Gasteiger partial charge >= 0.3 is 0 Å². The van der Waals surface area contributed by atoms with E-state index in [1.54, 1.807) is 0 Å². The van der Waals surface area contributed by atoms with Crippen LogP contribution in [0, 0.1) is 13.8 Å². The number of rotatable bonds is 7. The molecule has 1 heterocycles. The molecule has 3 aromatic rings. The Morgan fingerprint density at radius 3 is 2.52 bits per heavy atom. The molecule has 0 fully saturated rings. The minimum atomic E-state index is 0. The second-order valence-corrected chi connectivity index (χ2v) is 6.75. The van der Waals surface area contributed by atoms with Gasteiger partial charge in [0.1, 0.15) is 0 Å². The van der Waals surface area contributed by atoms with Gasteiger partial charge in [0.25, 0.3) is 0 Å². The number of aromatic nitrogens is 1. The number of halogens is 1. The molecule has 0 aliphatic carbocycles. The maximum absolute atomic E-state index is 3.89. The van der Waals surface area contributed by atoms with Crippen LogP contribution in [-0.4, -0.2) is 29.5 Å². The van der Waals surface area contributed by atoms with Crippen LogP contribution in [0.4, 0.5) is 0 Å². The van der Waals surface area contributed by atoms with Crippen LogP contribution in [0.2, 0.25) is 0 Å². The number of aryl methyl sites for hydroxylation is 2. The minimum Gasteiger partial charge on any atom is -0.354 e. The van der Waals surface area contributed by atoms with Crippen LogP contribution in [0.15, 0.2) is 43.0 Å². The summed E-state index contributed by atoms with van der Waals surface area (Å²) in [4.78, 5) is 6.12. The average Bonchev–Trinajstić information content (AvgIpc) is 2.98. The van der Waals surface area contributed by atoms with Crippen molar-refractivity contribution >= 4 is 34.2 Å². The van der Waals surface area contributed by atoms with Crippen molar-refractivity contribution < 1.29 is 0 Å². The number of fused-ring (bicyclic) bond motifs is 3. The molecule has 0 aliphatic rings. The Hall–Kier alpha value is -1.77. The summed E-state index contributed by atoms with van der Waals surface area (Å²) in [5.74, 6) is 0. The predicted molar refractivity (Wildman–Crippen MR) is 113 cm³/mol. The van der Waals surface area contributed by atoms with Gasteiger partial charge in [-0.05, 0) is 56.0 Å². The van der Waals surface area contributed by atoms with Gasteiger partial charge in [-0.15, -0.1) is 19.0 Å². The Morgan fingerprint density at radius 1 is 1.04 bits per heavy atom. The summed E-state index contributed by atoms with van der Waals surface area (Å²) in [6, 6.07) is 11.1. The number of benzene rings is 2. The van der Waals surface area contributed by atoms with E-state index in [9.17, 15) is 0 Å². The Bertz CT molecular complexity index is 863. The SMILES string of the molecule is C=CCN(CCC)CCc1cccc2[nH]c3c(C)ccc(C)c3c12.Cl. The Kier molecular flexibility index (Phi) is 6.69. The highest BCUT2D eigenvalue weighted by molar-refractivity contribution is 6.11. The molecule has 2 nitrogen and oxygen atoms in total. The molecular formula is C22H29ClN2. The zero-order chi connectivity index (χ0) is 17.1. The van der Waals surface area contributed by atoms with E-state index in [2.05, 4.69) is 67.6 Å². The van der Waals surface area contributed by atoms with Crippen LogP contribution in [0.5, 0.6) is 0 Å². The molecule has 2 aromatic carbocycles. The third-order valence-corrected chi connectivity index (χ3v) is 4.91. The first kappa shape index (κ1) is 19.6. The van der Waals surface area contributed by atoms with E-state index in [1.807, 2.05) is 6.08 Å². The third kappa shape index (κ3) is 3.91. The lowest BCUT2D eigenvalue weighted by molar-refractivity contribution is 0.307. The van der Waals surface area contributed by atoms with Crippen molar-refractivity contribution in [1.29, 1.82) is 0 Å². The summed E-state index contributed by atoms with van der Waals surface area (Å²) in [6.07, 6.45) is 4.27. The fraction of sp³-hybridized carbons (Fsp3) is 0.364. The second-order valence-electron chi connectivity index (χ2n) is 6.75. The Balaban J connectivity index is 0.00000225. The van der Waals surface area contributed by atoms with Gasteiger partial charge in [-0.3, -0.25) is 4.90 Å². The zero-order valence-electron chi connectivity index (χ0n) is 15.6. The van der Waals surface area contributed by atoms with Crippen LogP contribution in [-0.2, 0) is 6.42 Å². The fourth-order valence-corrected chi connectivity index (χ4v) is 3.71. The Morgan fingerprint density at radius 2 is 1.80 bits per heavy atom. The van der Waals surface area contributed by atoms with Crippen molar-refractivity contribution in [2.24, 2.45) is 0 Å². The van der Waals surface area contributed by atoms with Gasteiger partial charge in [-0.25, -0.2) is 0 Å². The fourth-order valence-electron chi connectivity index (χ4n) is 3.71. The van der Waals surface area contributed by atoms with Crippen molar-refractivity contribution in [1.82, 2.24) is 9.88 Å². The molecular weight excluding hydrogens is 328 g/mol. The highest BCUT2D eigenvalue weighted by atomic mass is 35.5. The maximum atomic E-state index is 3.89. The minimum absolute atomic E-state index is 0. The van der Waals surface area contributed by atoms with Gasteiger partial charge in [0.2, 0.25) is 0 Å². The van der Waals surface area contributed by atoms with Crippen molar-refractivity contribution in [2.75, 3.05) is 19.6 Å². The summed E-state index contributed by atoms with van der Waals surface area (Å²) >= 11 is 0. The third-order valence-electron chi connectivity index (χ3n) is 4.91. The summed E-state index contributed by atoms with van der Waals surface area (Å²) in [5.41, 5.74) is 6.65. The quantitative estimate of drug-likeness (QED) is 0.530. The lowest BCUT2D eigenvalue weighted by Gasteiger charge is -2.20. The molecule has 0 unspecified atom stereocenters. The second kappa shape index (κ2) is 8.55. The summed E-state index contributed by atoms with van der Waals surface area (Å²) in [6.45, 7) is 13.7. The summed E-state index contributed by atoms with van der Waals surface area (Å²) in [7, 11) is 0. The molecule has 134 valence electrons. The molecule has 1 aromatic heterocycles. The van der Waals surface area contributed by atoms with Gasteiger partial charge in [-0.2, -0.15) is 0 Å². The molecule has 0 saturated carbocycles. The smallest absolute Gasteiger partial charge is 0.0497 e. The van der Waals surface area contributed by atoms with E-state index < -0.39 is 0 Å². The number of hydrogen-bond donors (Lipinski definition) is 1. The first-order valence-corrected chi connectivity index (χ1v) is 8.98. The van der Waals surface area contributed by atoms with Gasteiger partial charge in [0.05, 0.1) is 0 Å². The van der Waals surface area contributed by atoms with Crippen molar-refractivity contribution in [3.05, 3.63) is 59.7 Å². The highest BCUT2D eigenvalue weighted by Gasteiger charge is 2.13. The number of aromatic amines is 1. The van der Waals surface area contributed by atoms with Crippen LogP contribution in [0.1, 0.15) is 30.0 Å². The van der Waals surface area contributed by atoms with Crippen molar-refractivity contribution in [3.8, 4) is 0 Å². The molecule has 0 radical (unpaired) electrons. The van der Waals surface area contributed by atoms with E-state index in [1.165, 1.54) is 44.9 Å². The number of nitrogens with one attached hydrogen (secondary N) is 1. The maximum Gasteiger partial charge on any atom is 0.0497 e. The molecule has 1 N–H and O–H groups in total. The van der Waals surface area contributed by atoms with E-state index in [-0.39, 0.29) is 12.4 Å². The van der Waals surface area contributed by atoms with E-state index in [0.717, 1.165) is 26.1 Å². The molecule has 0 atom stereocenters. The molecule has 0 saturated heterocycles. The monoisotopic (exact) mass is 356 g/mol. The number of nitrogens with zero attached hydrogens (tertiary/aromatic N) is 1. The molecule has 25 heavy (non-hydrogen) atoms. The number of hydrogen-bond acceptors (Lipinski definition) is 1. The lowest BCUT2D eigenvalue weighted by Crippen LogP contribution is -2.27. The molecule has 3 rings (SSSR count). The van der Waals surface area contributed by atoms with Crippen LogP contribution in [0.3, 0.4) is 0 Å². The highest BCUT2D eigenvalue weighted by Crippen LogP contribution is 2.32. The first-order valence-electron chi connectivity index (χ1n) is 8.98. The van der Waals surface area contributed by atoms with Gasteiger partial charge in [0, 0.05) is 34.9 Å². The van der Waals surface area contributed by atoms with E-state index in [4.69, 9.17) is 0 Å². The largest absolute Gasteiger partial charge is 0.354 e. The predicted octanol–water partition coefficient (Wildman–Crippen LogP) is 5.80. The van der Waals surface area contributed by atoms with Crippen LogP contribution in [0.25, 0.3) is 21.8 Å². The molecule has 0 aliphatic heterocycles. The van der Waals surface area contributed by atoms with Crippen LogP contribution < -0.4 is 0 Å². The average molecular weight is 357 g/mol. The van der Waals surface area contributed by atoms with Gasteiger partial charge < -0.3 is 4.98 Å².